The average molecular weight is 304 g/mol. The molecule has 1 fully saturated rings. The lowest BCUT2D eigenvalue weighted by atomic mass is 9.89. The van der Waals surface area contributed by atoms with Gasteiger partial charge in [-0.1, -0.05) is 0 Å². The summed E-state index contributed by atoms with van der Waals surface area (Å²) in [6, 6.07) is 2.00. The Labute approximate surface area is 110 Å². The van der Waals surface area contributed by atoms with Crippen LogP contribution >= 0.6 is 27.5 Å². The predicted molar refractivity (Wildman–Crippen MR) is 72.0 cm³/mol. The number of aromatic nitrogens is 1. The SMILES string of the molecule is ClC1CCC(CNc2ccncc2Br)CC1. The second-order valence-corrected chi connectivity index (χ2v) is 5.83. The second-order valence-electron chi connectivity index (χ2n) is 4.35. The number of hydrogen-bond acceptors (Lipinski definition) is 2. The van der Waals surface area contributed by atoms with Gasteiger partial charge in [0.05, 0.1) is 10.2 Å². The topological polar surface area (TPSA) is 24.9 Å². The van der Waals surface area contributed by atoms with E-state index in [-0.39, 0.29) is 0 Å². The van der Waals surface area contributed by atoms with Gasteiger partial charge in [-0.3, -0.25) is 4.98 Å². The van der Waals surface area contributed by atoms with Gasteiger partial charge in [-0.05, 0) is 53.6 Å². The number of hydrogen-bond donors (Lipinski definition) is 1. The van der Waals surface area contributed by atoms with Crippen molar-refractivity contribution in [2.75, 3.05) is 11.9 Å². The molecule has 1 aliphatic rings. The van der Waals surface area contributed by atoms with Crippen molar-refractivity contribution in [3.63, 3.8) is 0 Å². The predicted octanol–water partition coefficient (Wildman–Crippen LogP) is 4.05. The molecule has 2 nitrogen and oxygen atoms in total. The highest BCUT2D eigenvalue weighted by atomic mass is 79.9. The Hall–Kier alpha value is -0.280. The van der Waals surface area contributed by atoms with Crippen LogP contribution in [0.5, 0.6) is 0 Å². The van der Waals surface area contributed by atoms with Gasteiger partial charge in [0.25, 0.3) is 0 Å². The zero-order chi connectivity index (χ0) is 11.4. The molecular formula is C12H16BrClN2. The third-order valence-electron chi connectivity index (χ3n) is 3.13. The van der Waals surface area contributed by atoms with Crippen molar-refractivity contribution >= 4 is 33.2 Å². The van der Waals surface area contributed by atoms with Gasteiger partial charge in [0.15, 0.2) is 0 Å². The van der Waals surface area contributed by atoms with E-state index in [4.69, 9.17) is 11.6 Å². The minimum Gasteiger partial charge on any atom is -0.384 e. The number of anilines is 1. The molecule has 1 N–H and O–H groups in total. The molecule has 0 saturated heterocycles. The lowest BCUT2D eigenvalue weighted by molar-refractivity contribution is 0.378. The maximum atomic E-state index is 6.09. The second kappa shape index (κ2) is 5.87. The first-order chi connectivity index (χ1) is 7.75. The fraction of sp³-hybridized carbons (Fsp3) is 0.583. The van der Waals surface area contributed by atoms with Gasteiger partial charge in [-0.2, -0.15) is 0 Å². The Balaban J connectivity index is 1.81. The third kappa shape index (κ3) is 3.36. The zero-order valence-corrected chi connectivity index (χ0v) is 11.5. The smallest absolute Gasteiger partial charge is 0.0590 e. The van der Waals surface area contributed by atoms with E-state index in [1.54, 1.807) is 0 Å². The maximum Gasteiger partial charge on any atom is 0.0590 e. The zero-order valence-electron chi connectivity index (χ0n) is 9.13. The summed E-state index contributed by atoms with van der Waals surface area (Å²) >= 11 is 9.57. The van der Waals surface area contributed by atoms with Crippen molar-refractivity contribution in [1.29, 1.82) is 0 Å². The summed E-state index contributed by atoms with van der Waals surface area (Å²) in [7, 11) is 0. The van der Waals surface area contributed by atoms with Gasteiger partial charge in [0, 0.05) is 24.3 Å². The standard InChI is InChI=1S/C12H16BrClN2/c13-11-8-15-6-5-12(11)16-7-9-1-3-10(14)4-2-9/h5-6,8-10H,1-4,7H2,(H,15,16). The van der Waals surface area contributed by atoms with Crippen molar-refractivity contribution in [2.45, 2.75) is 31.1 Å². The van der Waals surface area contributed by atoms with Gasteiger partial charge in [0.1, 0.15) is 0 Å². The number of halogens is 2. The molecule has 1 saturated carbocycles. The highest BCUT2D eigenvalue weighted by molar-refractivity contribution is 9.10. The van der Waals surface area contributed by atoms with Crippen LogP contribution in [0.25, 0.3) is 0 Å². The van der Waals surface area contributed by atoms with Crippen LogP contribution in [0.15, 0.2) is 22.9 Å². The molecule has 1 aromatic heterocycles. The fourth-order valence-corrected chi connectivity index (χ4v) is 2.74. The molecule has 0 atom stereocenters. The molecule has 0 aliphatic heterocycles. The molecule has 88 valence electrons. The van der Waals surface area contributed by atoms with Crippen LogP contribution in [0.2, 0.25) is 0 Å². The first-order valence-corrected chi connectivity index (χ1v) is 6.96. The molecule has 1 aromatic rings. The van der Waals surface area contributed by atoms with Crippen molar-refractivity contribution < 1.29 is 0 Å². The van der Waals surface area contributed by atoms with Crippen LogP contribution in [0.4, 0.5) is 5.69 Å². The Bertz CT molecular complexity index is 338. The third-order valence-corrected chi connectivity index (χ3v) is 4.20. The molecule has 4 heteroatoms. The maximum absolute atomic E-state index is 6.09. The largest absolute Gasteiger partial charge is 0.384 e. The molecular weight excluding hydrogens is 288 g/mol. The molecule has 0 radical (unpaired) electrons. The summed E-state index contributed by atoms with van der Waals surface area (Å²) in [5.41, 5.74) is 1.13. The highest BCUT2D eigenvalue weighted by Crippen LogP contribution is 2.28. The Morgan fingerprint density at radius 2 is 2.12 bits per heavy atom. The number of alkyl halides is 1. The van der Waals surface area contributed by atoms with E-state index < -0.39 is 0 Å². The van der Waals surface area contributed by atoms with E-state index >= 15 is 0 Å². The van der Waals surface area contributed by atoms with Gasteiger partial charge < -0.3 is 5.32 Å². The van der Waals surface area contributed by atoms with E-state index in [0.29, 0.717) is 5.38 Å². The molecule has 0 aromatic carbocycles. The summed E-state index contributed by atoms with van der Waals surface area (Å²) in [5.74, 6) is 0.759. The molecule has 16 heavy (non-hydrogen) atoms. The minimum atomic E-state index is 0.406. The number of rotatable bonds is 3. The highest BCUT2D eigenvalue weighted by Gasteiger charge is 2.19. The van der Waals surface area contributed by atoms with Crippen LogP contribution in [0.1, 0.15) is 25.7 Å². The number of pyridine rings is 1. The first kappa shape index (κ1) is 12.2. The monoisotopic (exact) mass is 302 g/mol. The minimum absolute atomic E-state index is 0.406. The van der Waals surface area contributed by atoms with E-state index in [1.807, 2.05) is 18.5 Å². The number of nitrogens with zero attached hydrogens (tertiary/aromatic N) is 1. The van der Waals surface area contributed by atoms with E-state index in [2.05, 4.69) is 26.2 Å². The van der Waals surface area contributed by atoms with Gasteiger partial charge in [-0.25, -0.2) is 0 Å². The van der Waals surface area contributed by atoms with Crippen molar-refractivity contribution in [3.8, 4) is 0 Å². The molecule has 2 rings (SSSR count). The molecule has 0 amide bonds. The molecule has 0 bridgehead atoms. The number of nitrogens with one attached hydrogen (secondary N) is 1. The van der Waals surface area contributed by atoms with Crippen molar-refractivity contribution in [3.05, 3.63) is 22.9 Å². The van der Waals surface area contributed by atoms with E-state index in [1.165, 1.54) is 12.8 Å². The Morgan fingerprint density at radius 3 is 2.81 bits per heavy atom. The molecule has 0 unspecified atom stereocenters. The summed E-state index contributed by atoms with van der Waals surface area (Å²) in [5, 5.41) is 3.87. The fourth-order valence-electron chi connectivity index (χ4n) is 2.10. The normalized spacial score (nSPS) is 25.4. The molecule has 1 aliphatic carbocycles. The lowest BCUT2D eigenvalue weighted by Crippen LogP contribution is -2.21. The van der Waals surface area contributed by atoms with Crippen LogP contribution in [-0.2, 0) is 0 Å². The summed E-state index contributed by atoms with van der Waals surface area (Å²) < 4.78 is 1.03. The average Bonchev–Trinajstić information content (AvgIpc) is 2.30. The lowest BCUT2D eigenvalue weighted by Gasteiger charge is -2.25. The summed E-state index contributed by atoms with van der Waals surface area (Å²) in [6.07, 6.45) is 8.42. The van der Waals surface area contributed by atoms with Crippen LogP contribution in [0, 0.1) is 5.92 Å². The molecule has 0 spiro atoms. The quantitative estimate of drug-likeness (QED) is 0.852. The Morgan fingerprint density at radius 1 is 1.38 bits per heavy atom. The summed E-state index contributed by atoms with van der Waals surface area (Å²) in [6.45, 7) is 1.03. The van der Waals surface area contributed by atoms with E-state index in [9.17, 15) is 0 Å². The van der Waals surface area contributed by atoms with E-state index in [0.717, 1.165) is 35.5 Å². The summed E-state index contributed by atoms with van der Waals surface area (Å²) in [4.78, 5) is 4.05. The van der Waals surface area contributed by atoms with Gasteiger partial charge in [-0.15, -0.1) is 11.6 Å². The van der Waals surface area contributed by atoms with Crippen LogP contribution < -0.4 is 5.32 Å². The van der Waals surface area contributed by atoms with Crippen molar-refractivity contribution in [2.24, 2.45) is 5.92 Å². The Kier molecular flexibility index (Phi) is 4.47. The first-order valence-electron chi connectivity index (χ1n) is 5.73. The van der Waals surface area contributed by atoms with Crippen LogP contribution in [-0.4, -0.2) is 16.9 Å². The van der Waals surface area contributed by atoms with Gasteiger partial charge >= 0.3 is 0 Å². The molecule has 1 heterocycles. The van der Waals surface area contributed by atoms with Gasteiger partial charge in [0.2, 0.25) is 0 Å². The van der Waals surface area contributed by atoms with Crippen molar-refractivity contribution in [1.82, 2.24) is 4.98 Å². The van der Waals surface area contributed by atoms with Crippen LogP contribution in [0.3, 0.4) is 0 Å².